The number of rotatable bonds is 9. The fourth-order valence-electron chi connectivity index (χ4n) is 3.24. The van der Waals surface area contributed by atoms with Gasteiger partial charge in [-0.05, 0) is 31.0 Å². The fraction of sp³-hybridized carbons (Fsp3) is 0.421. The van der Waals surface area contributed by atoms with E-state index in [0.717, 1.165) is 5.56 Å². The Morgan fingerprint density at radius 2 is 1.97 bits per heavy atom. The first kappa shape index (κ1) is 22.3. The number of hydrogen-bond donors (Lipinski definition) is 6. The van der Waals surface area contributed by atoms with E-state index < -0.39 is 36.0 Å². The van der Waals surface area contributed by atoms with Crippen LogP contribution in [0.2, 0.25) is 0 Å². The standard InChI is InChI=1S/C19H23N5O7/c1-9-6-11-12(7-10(9)20-4-2-15(28)29)24(5-3-13(26)14(27)8-25)17-16(21-11)18(30)23-19(31)22-17/h6-7,13-14,20,25-27H,2-5,8H2,1H3,(H,28,29)(H,23,30,31). The van der Waals surface area contributed by atoms with E-state index in [1.807, 2.05) is 0 Å². The van der Waals surface area contributed by atoms with Crippen molar-refractivity contribution in [3.63, 3.8) is 0 Å². The molecule has 2 aliphatic rings. The van der Waals surface area contributed by atoms with Gasteiger partial charge >= 0.3 is 11.7 Å². The highest BCUT2D eigenvalue weighted by molar-refractivity contribution is 5.84. The van der Waals surface area contributed by atoms with Gasteiger partial charge in [0.05, 0.1) is 30.2 Å². The van der Waals surface area contributed by atoms with Crippen LogP contribution >= 0.6 is 0 Å². The van der Waals surface area contributed by atoms with E-state index in [4.69, 9.17) is 10.2 Å². The molecule has 12 heteroatoms. The lowest BCUT2D eigenvalue weighted by atomic mass is 10.1. The molecule has 2 atom stereocenters. The van der Waals surface area contributed by atoms with Crippen LogP contribution in [-0.2, 0) is 11.3 Å². The molecule has 0 saturated carbocycles. The number of carboxylic acids is 1. The summed E-state index contributed by atoms with van der Waals surface area (Å²) in [5.41, 5.74) is 0.688. The van der Waals surface area contributed by atoms with Crippen LogP contribution in [-0.4, -0.2) is 71.3 Å². The minimum atomic E-state index is -1.35. The first-order valence-electron chi connectivity index (χ1n) is 9.59. The number of aliphatic hydroxyl groups is 3. The topological polar surface area (TPSA) is 191 Å². The molecule has 31 heavy (non-hydrogen) atoms. The van der Waals surface area contributed by atoms with E-state index in [1.54, 1.807) is 19.1 Å². The molecular weight excluding hydrogens is 410 g/mol. The zero-order valence-electron chi connectivity index (χ0n) is 16.7. The lowest BCUT2D eigenvalue weighted by Gasteiger charge is -2.21. The van der Waals surface area contributed by atoms with Gasteiger partial charge in [0, 0.05) is 18.8 Å². The van der Waals surface area contributed by atoms with E-state index in [0.29, 0.717) is 16.7 Å². The quantitative estimate of drug-likeness (QED) is 0.225. The number of nitrogens with zero attached hydrogens (tertiary/aromatic N) is 3. The van der Waals surface area contributed by atoms with Gasteiger partial charge in [-0.25, -0.2) is 9.78 Å². The van der Waals surface area contributed by atoms with Crippen molar-refractivity contribution in [1.29, 1.82) is 0 Å². The van der Waals surface area contributed by atoms with Crippen LogP contribution in [0.3, 0.4) is 0 Å². The summed E-state index contributed by atoms with van der Waals surface area (Å²) in [6.07, 6.45) is -2.68. The molecule has 6 N–H and O–H groups in total. The van der Waals surface area contributed by atoms with Crippen molar-refractivity contribution in [2.75, 3.05) is 18.5 Å². The van der Waals surface area contributed by atoms with Crippen LogP contribution in [0.1, 0.15) is 18.4 Å². The van der Waals surface area contributed by atoms with Gasteiger partial charge in [-0.3, -0.25) is 14.6 Å². The third-order valence-electron chi connectivity index (χ3n) is 4.89. The summed E-state index contributed by atoms with van der Waals surface area (Å²) in [6, 6.07) is 3.40. The molecule has 1 aromatic carbocycles. The van der Waals surface area contributed by atoms with Crippen molar-refractivity contribution in [2.45, 2.75) is 38.5 Å². The van der Waals surface area contributed by atoms with Crippen molar-refractivity contribution in [3.05, 3.63) is 38.5 Å². The molecule has 2 aliphatic heterocycles. The molecule has 166 valence electrons. The second kappa shape index (κ2) is 9.20. The SMILES string of the molecule is Cc1cc2nc3c(=O)[nH]c(=O)nc-3n(CCC(O)C(O)CO)c2cc1NCCC(=O)O. The molecule has 12 nitrogen and oxygen atoms in total. The number of aromatic amines is 1. The molecule has 0 amide bonds. The molecule has 0 radical (unpaired) electrons. The number of nitrogens with one attached hydrogen (secondary N) is 2. The number of carboxylic acid groups (broad SMARTS) is 1. The molecule has 0 aliphatic carbocycles. The van der Waals surface area contributed by atoms with Gasteiger partial charge in [0.15, 0.2) is 11.5 Å². The smallest absolute Gasteiger partial charge is 0.349 e. The molecule has 2 heterocycles. The highest BCUT2D eigenvalue weighted by Gasteiger charge is 2.22. The normalized spacial score (nSPS) is 13.4. The first-order chi connectivity index (χ1) is 14.7. The van der Waals surface area contributed by atoms with Gasteiger partial charge in [0.25, 0.3) is 5.56 Å². The van der Waals surface area contributed by atoms with E-state index in [1.165, 1.54) is 4.57 Å². The Labute approximate surface area is 175 Å². The highest BCUT2D eigenvalue weighted by atomic mass is 16.4. The predicted octanol–water partition coefficient (Wildman–Crippen LogP) is -1.12. The van der Waals surface area contributed by atoms with Gasteiger partial charge in [0.2, 0.25) is 0 Å². The van der Waals surface area contributed by atoms with Gasteiger partial charge < -0.3 is 30.3 Å². The summed E-state index contributed by atoms with van der Waals surface area (Å²) in [7, 11) is 0. The molecule has 0 fully saturated rings. The van der Waals surface area contributed by atoms with Crippen molar-refractivity contribution >= 4 is 22.7 Å². The maximum Gasteiger partial charge on any atom is 0.349 e. The van der Waals surface area contributed by atoms with Crippen LogP contribution < -0.4 is 16.6 Å². The molecule has 0 aromatic heterocycles. The number of hydrogen-bond acceptors (Lipinski definition) is 9. The van der Waals surface area contributed by atoms with Gasteiger partial charge in [0.1, 0.15) is 6.10 Å². The monoisotopic (exact) mass is 433 g/mol. The third-order valence-corrected chi connectivity index (χ3v) is 4.89. The van der Waals surface area contributed by atoms with Crippen molar-refractivity contribution < 1.29 is 25.2 Å². The minimum Gasteiger partial charge on any atom is -0.481 e. The van der Waals surface area contributed by atoms with Gasteiger partial charge in [-0.2, -0.15) is 4.98 Å². The largest absolute Gasteiger partial charge is 0.481 e. The zero-order chi connectivity index (χ0) is 22.7. The second-order valence-electron chi connectivity index (χ2n) is 7.14. The predicted molar refractivity (Wildman–Crippen MR) is 110 cm³/mol. The number of anilines is 1. The molecule has 1 aromatic rings. The molecule has 0 spiro atoms. The van der Waals surface area contributed by atoms with E-state index in [2.05, 4.69) is 20.3 Å². The average Bonchev–Trinajstić information content (AvgIpc) is 2.71. The van der Waals surface area contributed by atoms with Crippen LogP contribution in [0.15, 0.2) is 21.7 Å². The number of aliphatic hydroxyl groups excluding tert-OH is 3. The highest BCUT2D eigenvalue weighted by Crippen LogP contribution is 2.27. The van der Waals surface area contributed by atoms with Gasteiger partial charge in [-0.15, -0.1) is 0 Å². The van der Waals surface area contributed by atoms with Crippen LogP contribution in [0, 0.1) is 6.92 Å². The average molecular weight is 433 g/mol. The molecule has 3 rings (SSSR count). The summed E-state index contributed by atoms with van der Waals surface area (Å²) in [5, 5.41) is 40.6. The number of aromatic nitrogens is 4. The van der Waals surface area contributed by atoms with Crippen LogP contribution in [0.5, 0.6) is 0 Å². The Morgan fingerprint density at radius 1 is 1.23 bits per heavy atom. The van der Waals surface area contributed by atoms with E-state index >= 15 is 0 Å². The van der Waals surface area contributed by atoms with Gasteiger partial charge in [-0.1, -0.05) is 0 Å². The first-order valence-corrected chi connectivity index (χ1v) is 9.59. The number of aryl methyl sites for hydroxylation is 2. The Hall–Kier alpha value is -3.35. The maximum atomic E-state index is 12.3. The lowest BCUT2D eigenvalue weighted by molar-refractivity contribution is -0.136. The maximum absolute atomic E-state index is 12.3. The summed E-state index contributed by atoms with van der Waals surface area (Å²) >= 11 is 0. The Morgan fingerprint density at radius 3 is 2.65 bits per heavy atom. The van der Waals surface area contributed by atoms with Crippen LogP contribution in [0.25, 0.3) is 22.6 Å². The van der Waals surface area contributed by atoms with E-state index in [9.17, 15) is 24.6 Å². The zero-order valence-corrected chi connectivity index (χ0v) is 16.7. The van der Waals surface area contributed by atoms with E-state index in [-0.39, 0.29) is 37.4 Å². The number of carbonyl (C=O) groups is 1. The number of H-pyrrole nitrogens is 1. The van der Waals surface area contributed by atoms with Crippen molar-refractivity contribution in [3.8, 4) is 11.5 Å². The Balaban J connectivity index is 2.15. The molecular formula is C19H23N5O7. The fourth-order valence-corrected chi connectivity index (χ4v) is 3.24. The number of aliphatic carboxylic acids is 1. The lowest BCUT2D eigenvalue weighted by Crippen LogP contribution is -2.32. The molecule has 2 unspecified atom stereocenters. The second-order valence-corrected chi connectivity index (χ2v) is 7.14. The third kappa shape index (κ3) is 4.87. The molecule has 0 bridgehead atoms. The summed E-state index contributed by atoms with van der Waals surface area (Å²) < 4.78 is 1.53. The Bertz CT molecular complexity index is 1190. The minimum absolute atomic E-state index is 0.00106. The Kier molecular flexibility index (Phi) is 6.63. The molecule has 0 saturated heterocycles. The number of fused-ring (bicyclic) bond motifs is 2. The van der Waals surface area contributed by atoms with Crippen LogP contribution in [0.4, 0.5) is 5.69 Å². The summed E-state index contributed by atoms with van der Waals surface area (Å²) in [4.78, 5) is 45.2. The van der Waals surface area contributed by atoms with Crippen molar-refractivity contribution in [1.82, 2.24) is 19.5 Å². The number of benzene rings is 1. The summed E-state index contributed by atoms with van der Waals surface area (Å²) in [6.45, 7) is 1.42. The summed E-state index contributed by atoms with van der Waals surface area (Å²) in [5.74, 6) is -0.941. The van der Waals surface area contributed by atoms with Crippen molar-refractivity contribution in [2.24, 2.45) is 0 Å².